The molecule has 4 N–H and O–H groups in total. The van der Waals surface area contributed by atoms with Crippen molar-refractivity contribution in [3.05, 3.63) is 24.0 Å². The second-order valence-corrected chi connectivity index (χ2v) is 2.48. The predicted octanol–water partition coefficient (Wildman–Crippen LogP) is -0.371. The van der Waals surface area contributed by atoms with Crippen LogP contribution < -0.4 is 16.4 Å². The Balaban J connectivity index is 0.000000845. The fraction of sp³-hybridized carbons (Fsp3) is 0.286. The number of ether oxygens (including phenoxy) is 1. The molecule has 0 saturated heterocycles. The maximum Gasteiger partial charge on any atom is 0.219 e. The summed E-state index contributed by atoms with van der Waals surface area (Å²) in [5, 5.41) is 6.18. The number of nitrogens with two attached hydrogens (primary N) is 1. The summed E-state index contributed by atoms with van der Waals surface area (Å²) in [5.74, 6) is 1.10. The second kappa shape index (κ2) is 4.04. The predicted molar refractivity (Wildman–Crippen MR) is 52.1 cm³/mol. The summed E-state index contributed by atoms with van der Waals surface area (Å²) in [6, 6.07) is 0. The highest BCUT2D eigenvalue weighted by molar-refractivity contribution is 5.97. The third kappa shape index (κ3) is 1.86. The zero-order chi connectivity index (χ0) is 8.39. The van der Waals surface area contributed by atoms with Gasteiger partial charge in [0.2, 0.25) is 5.88 Å². The number of halogens is 1. The molecule has 0 radical (unpaired) electrons. The summed E-state index contributed by atoms with van der Waals surface area (Å²) in [7, 11) is 0. The molecule has 0 aromatic carbocycles. The van der Waals surface area contributed by atoms with Crippen LogP contribution in [0.5, 0.6) is 0 Å². The molecule has 13 heavy (non-hydrogen) atoms. The number of rotatable bonds is 0. The van der Waals surface area contributed by atoms with Crippen LogP contribution in [0.3, 0.4) is 0 Å². The van der Waals surface area contributed by atoms with Gasteiger partial charge in [-0.25, -0.2) is 4.99 Å². The van der Waals surface area contributed by atoms with Crippen LogP contribution in [-0.4, -0.2) is 18.9 Å². The Labute approximate surface area is 82.1 Å². The minimum absolute atomic E-state index is 0. The normalized spacial score (nSPS) is 19.5. The molecule has 0 aliphatic carbocycles. The van der Waals surface area contributed by atoms with Crippen LogP contribution in [0.25, 0.3) is 0 Å². The Morgan fingerprint density at radius 3 is 3.00 bits per heavy atom. The van der Waals surface area contributed by atoms with Crippen molar-refractivity contribution < 1.29 is 4.74 Å². The quantitative estimate of drug-likeness (QED) is 0.501. The van der Waals surface area contributed by atoms with Gasteiger partial charge in [-0.15, -0.1) is 12.4 Å². The second-order valence-electron chi connectivity index (χ2n) is 2.48. The van der Waals surface area contributed by atoms with Crippen molar-refractivity contribution >= 4 is 18.2 Å². The van der Waals surface area contributed by atoms with Gasteiger partial charge in [0.15, 0.2) is 5.84 Å². The average molecular weight is 203 g/mol. The first kappa shape index (κ1) is 9.73. The monoisotopic (exact) mass is 202 g/mol. The van der Waals surface area contributed by atoms with Gasteiger partial charge in [-0.1, -0.05) is 0 Å². The molecule has 0 aromatic rings. The smallest absolute Gasteiger partial charge is 0.219 e. The molecule has 0 saturated carbocycles. The molecule has 0 atom stereocenters. The standard InChI is InChI=1S/C7H10N4O.ClH/c8-6-5-7(11-2-1-9-5)12-4-3-10-6;/h3-4,9,11H,1-2H2,(H2,8,10);1H. The highest BCUT2D eigenvalue weighted by Gasteiger charge is 2.16. The first-order valence-electron chi connectivity index (χ1n) is 3.75. The number of aliphatic imine (C=N–C) groups is 1. The van der Waals surface area contributed by atoms with E-state index in [1.807, 2.05) is 0 Å². The van der Waals surface area contributed by atoms with E-state index in [2.05, 4.69) is 15.6 Å². The Kier molecular flexibility index (Phi) is 3.02. The molecule has 0 fully saturated rings. The molecule has 0 amide bonds. The topological polar surface area (TPSA) is 71.7 Å². The third-order valence-corrected chi connectivity index (χ3v) is 1.66. The van der Waals surface area contributed by atoms with E-state index in [9.17, 15) is 0 Å². The van der Waals surface area contributed by atoms with Crippen LogP contribution in [0.2, 0.25) is 0 Å². The maximum absolute atomic E-state index is 5.65. The number of amidine groups is 1. The van der Waals surface area contributed by atoms with E-state index < -0.39 is 0 Å². The summed E-state index contributed by atoms with van der Waals surface area (Å²) >= 11 is 0. The van der Waals surface area contributed by atoms with Crippen molar-refractivity contribution in [2.45, 2.75) is 0 Å². The van der Waals surface area contributed by atoms with Crippen LogP contribution in [0.15, 0.2) is 29.0 Å². The minimum Gasteiger partial charge on any atom is -0.445 e. The molecule has 0 unspecified atom stereocenters. The number of nitrogens with one attached hydrogen (secondary N) is 2. The average Bonchev–Trinajstić information content (AvgIpc) is 2.29. The van der Waals surface area contributed by atoms with Crippen LogP contribution in [0.1, 0.15) is 0 Å². The number of nitrogens with zero attached hydrogens (tertiary/aromatic N) is 1. The molecule has 0 aromatic heterocycles. The van der Waals surface area contributed by atoms with Crippen LogP contribution in [0, 0.1) is 0 Å². The van der Waals surface area contributed by atoms with Gasteiger partial charge in [-0.05, 0) is 0 Å². The van der Waals surface area contributed by atoms with Gasteiger partial charge >= 0.3 is 0 Å². The number of hydrogen-bond acceptors (Lipinski definition) is 5. The van der Waals surface area contributed by atoms with E-state index in [-0.39, 0.29) is 12.4 Å². The van der Waals surface area contributed by atoms with E-state index in [1.54, 1.807) is 0 Å². The van der Waals surface area contributed by atoms with Crippen LogP contribution in [0.4, 0.5) is 0 Å². The first-order chi connectivity index (χ1) is 5.88. The van der Waals surface area contributed by atoms with Crippen LogP contribution in [-0.2, 0) is 4.74 Å². The van der Waals surface area contributed by atoms with E-state index >= 15 is 0 Å². The molecule has 2 aliphatic heterocycles. The third-order valence-electron chi connectivity index (χ3n) is 1.66. The molecule has 72 valence electrons. The SMILES string of the molecule is Cl.NC1=NC=COC2=C1NCCN2. The largest absolute Gasteiger partial charge is 0.445 e. The van der Waals surface area contributed by atoms with Crippen molar-refractivity contribution in [2.24, 2.45) is 10.7 Å². The van der Waals surface area contributed by atoms with E-state index in [4.69, 9.17) is 10.5 Å². The molecule has 0 spiro atoms. The summed E-state index contributed by atoms with van der Waals surface area (Å²) < 4.78 is 5.21. The van der Waals surface area contributed by atoms with Crippen molar-refractivity contribution in [2.75, 3.05) is 13.1 Å². The van der Waals surface area contributed by atoms with Gasteiger partial charge in [0.25, 0.3) is 0 Å². The molecular weight excluding hydrogens is 192 g/mol. The summed E-state index contributed by atoms with van der Waals surface area (Å²) in [6.45, 7) is 1.67. The van der Waals surface area contributed by atoms with Crippen LogP contribution >= 0.6 is 12.4 Å². The molecule has 0 bridgehead atoms. The lowest BCUT2D eigenvalue weighted by atomic mass is 10.3. The Bertz CT molecular complexity index is 284. The van der Waals surface area contributed by atoms with Crippen molar-refractivity contribution in [3.8, 4) is 0 Å². The number of hydrogen-bond donors (Lipinski definition) is 3. The summed E-state index contributed by atoms with van der Waals surface area (Å²) in [5.41, 5.74) is 6.39. The van der Waals surface area contributed by atoms with E-state index in [0.29, 0.717) is 11.7 Å². The molecule has 2 heterocycles. The van der Waals surface area contributed by atoms with E-state index in [1.165, 1.54) is 12.5 Å². The molecule has 2 aliphatic rings. The summed E-state index contributed by atoms with van der Waals surface area (Å²) in [4.78, 5) is 3.94. The zero-order valence-electron chi connectivity index (χ0n) is 6.91. The Morgan fingerprint density at radius 2 is 2.15 bits per heavy atom. The van der Waals surface area contributed by atoms with E-state index in [0.717, 1.165) is 18.8 Å². The molecule has 5 nitrogen and oxygen atoms in total. The van der Waals surface area contributed by atoms with Gasteiger partial charge < -0.3 is 21.1 Å². The fourth-order valence-electron chi connectivity index (χ4n) is 1.11. The van der Waals surface area contributed by atoms with Gasteiger partial charge in [-0.2, -0.15) is 0 Å². The van der Waals surface area contributed by atoms with Gasteiger partial charge in [0, 0.05) is 13.1 Å². The highest BCUT2D eigenvalue weighted by atomic mass is 35.5. The van der Waals surface area contributed by atoms with Gasteiger partial charge in [-0.3, -0.25) is 0 Å². The fourth-order valence-corrected chi connectivity index (χ4v) is 1.11. The Hall–Kier alpha value is -1.36. The van der Waals surface area contributed by atoms with Crippen molar-refractivity contribution in [3.63, 3.8) is 0 Å². The van der Waals surface area contributed by atoms with Crippen molar-refractivity contribution in [1.82, 2.24) is 10.6 Å². The maximum atomic E-state index is 5.65. The Morgan fingerprint density at radius 1 is 1.38 bits per heavy atom. The molecular formula is C7H11ClN4O. The van der Waals surface area contributed by atoms with Gasteiger partial charge in [0.05, 0.1) is 6.20 Å². The first-order valence-corrected chi connectivity index (χ1v) is 3.75. The summed E-state index contributed by atoms with van der Waals surface area (Å²) in [6.07, 6.45) is 3.02. The molecule has 6 heteroatoms. The molecule has 2 rings (SSSR count). The highest BCUT2D eigenvalue weighted by Crippen LogP contribution is 2.07. The lowest BCUT2D eigenvalue weighted by Gasteiger charge is -2.20. The van der Waals surface area contributed by atoms with Gasteiger partial charge in [0.1, 0.15) is 12.0 Å². The lowest BCUT2D eigenvalue weighted by Crippen LogP contribution is -2.40. The minimum atomic E-state index is 0. The lowest BCUT2D eigenvalue weighted by molar-refractivity contribution is 0.299. The zero-order valence-corrected chi connectivity index (χ0v) is 7.73. The van der Waals surface area contributed by atoms with Crippen molar-refractivity contribution in [1.29, 1.82) is 0 Å².